The van der Waals surface area contributed by atoms with Crippen LogP contribution in [-0.2, 0) is 20.0 Å². The Kier molecular flexibility index (Phi) is 4.46. The summed E-state index contributed by atoms with van der Waals surface area (Å²) in [5, 5.41) is 4.01. The standard InChI is InChI=1S/C8H17N4O3P/c1-4-7-10-8(9)12(11-7)16(13,14-5-2)15-6-3/h4-6H2,1-3H3,(H2,9,10,11). The smallest absolute Gasteiger partial charge is 0.368 e. The summed E-state index contributed by atoms with van der Waals surface area (Å²) < 4.78 is 23.6. The number of aromatic nitrogens is 3. The molecule has 0 amide bonds. The summed E-state index contributed by atoms with van der Waals surface area (Å²) in [6, 6.07) is 0. The number of hydrogen-bond donors (Lipinski definition) is 1. The number of nitrogens with zero attached hydrogens (tertiary/aromatic N) is 3. The van der Waals surface area contributed by atoms with E-state index in [-0.39, 0.29) is 19.2 Å². The fraction of sp³-hybridized carbons (Fsp3) is 0.750. The minimum atomic E-state index is -3.48. The van der Waals surface area contributed by atoms with Crippen molar-refractivity contribution in [2.24, 2.45) is 0 Å². The molecule has 8 heteroatoms. The SMILES string of the molecule is CCOP(=O)(OCC)n1nc(CC)nc1N. The first-order valence-electron chi connectivity index (χ1n) is 5.18. The number of nitrogens with two attached hydrogens (primary N) is 1. The zero-order chi connectivity index (χ0) is 12.2. The summed E-state index contributed by atoms with van der Waals surface area (Å²) in [6.07, 6.45) is 0.607. The molecule has 0 saturated carbocycles. The zero-order valence-electron chi connectivity index (χ0n) is 9.71. The van der Waals surface area contributed by atoms with E-state index in [0.29, 0.717) is 12.2 Å². The van der Waals surface area contributed by atoms with Crippen molar-refractivity contribution in [3.05, 3.63) is 5.82 Å². The Morgan fingerprint density at radius 3 is 2.25 bits per heavy atom. The van der Waals surface area contributed by atoms with Gasteiger partial charge in [-0.1, -0.05) is 6.92 Å². The number of rotatable bonds is 6. The summed E-state index contributed by atoms with van der Waals surface area (Å²) in [7, 11) is -3.48. The Bertz CT molecular complexity index is 383. The maximum atomic E-state index is 12.3. The summed E-state index contributed by atoms with van der Waals surface area (Å²) in [6.45, 7) is 5.82. The molecule has 2 N–H and O–H groups in total. The van der Waals surface area contributed by atoms with Gasteiger partial charge >= 0.3 is 7.75 Å². The number of hydrogen-bond acceptors (Lipinski definition) is 6. The number of anilines is 1. The summed E-state index contributed by atoms with van der Waals surface area (Å²) in [4.78, 5) is 3.96. The molecule has 16 heavy (non-hydrogen) atoms. The van der Waals surface area contributed by atoms with Gasteiger partial charge in [-0.2, -0.15) is 4.98 Å². The van der Waals surface area contributed by atoms with Gasteiger partial charge in [-0.3, -0.25) is 9.05 Å². The van der Waals surface area contributed by atoms with Crippen LogP contribution in [0.5, 0.6) is 0 Å². The molecule has 0 saturated heterocycles. The lowest BCUT2D eigenvalue weighted by Gasteiger charge is -2.16. The number of nitrogen functional groups attached to an aromatic ring is 1. The normalized spacial score (nSPS) is 11.9. The molecule has 0 bridgehead atoms. The van der Waals surface area contributed by atoms with E-state index in [2.05, 4.69) is 10.1 Å². The third-order valence-corrected chi connectivity index (χ3v) is 3.72. The predicted octanol–water partition coefficient (Wildman–Crippen LogP) is 1.45. The molecule has 0 radical (unpaired) electrons. The van der Waals surface area contributed by atoms with Crippen LogP contribution >= 0.6 is 7.75 Å². The largest absolute Gasteiger partial charge is 0.458 e. The van der Waals surface area contributed by atoms with E-state index in [0.717, 1.165) is 4.45 Å². The van der Waals surface area contributed by atoms with E-state index in [9.17, 15) is 4.57 Å². The molecule has 1 heterocycles. The predicted molar refractivity (Wildman–Crippen MR) is 60.1 cm³/mol. The average Bonchev–Trinajstić information content (AvgIpc) is 2.61. The van der Waals surface area contributed by atoms with Crippen molar-refractivity contribution in [3.8, 4) is 0 Å². The molecular weight excluding hydrogens is 231 g/mol. The van der Waals surface area contributed by atoms with Crippen LogP contribution in [0.25, 0.3) is 0 Å². The third-order valence-electron chi connectivity index (χ3n) is 1.79. The van der Waals surface area contributed by atoms with Crippen molar-refractivity contribution in [2.45, 2.75) is 27.2 Å². The molecule has 1 aromatic rings. The molecule has 0 fully saturated rings. The van der Waals surface area contributed by atoms with Crippen LogP contribution in [0.3, 0.4) is 0 Å². The van der Waals surface area contributed by atoms with Crippen molar-refractivity contribution in [1.29, 1.82) is 0 Å². The van der Waals surface area contributed by atoms with Gasteiger partial charge in [-0.05, 0) is 13.8 Å². The molecule has 7 nitrogen and oxygen atoms in total. The zero-order valence-corrected chi connectivity index (χ0v) is 10.6. The fourth-order valence-electron chi connectivity index (χ4n) is 1.16. The lowest BCUT2D eigenvalue weighted by atomic mass is 10.5. The molecule has 1 rings (SSSR count). The van der Waals surface area contributed by atoms with Crippen LogP contribution in [-0.4, -0.2) is 27.7 Å². The highest BCUT2D eigenvalue weighted by molar-refractivity contribution is 7.52. The van der Waals surface area contributed by atoms with Crippen LogP contribution in [0, 0.1) is 0 Å². The second-order valence-electron chi connectivity index (χ2n) is 2.93. The Labute approximate surface area is 94.5 Å². The highest BCUT2D eigenvalue weighted by Crippen LogP contribution is 2.49. The molecule has 0 spiro atoms. The quantitative estimate of drug-likeness (QED) is 0.766. The molecule has 0 unspecified atom stereocenters. The molecule has 1 aromatic heterocycles. The highest BCUT2D eigenvalue weighted by atomic mass is 31.2. The maximum absolute atomic E-state index is 12.3. The van der Waals surface area contributed by atoms with E-state index in [4.69, 9.17) is 14.8 Å². The Hall–Kier alpha value is -0.910. The van der Waals surface area contributed by atoms with Crippen molar-refractivity contribution in [2.75, 3.05) is 18.9 Å². The van der Waals surface area contributed by atoms with Gasteiger partial charge in [-0.25, -0.2) is 4.57 Å². The van der Waals surface area contributed by atoms with Crippen molar-refractivity contribution in [3.63, 3.8) is 0 Å². The summed E-state index contributed by atoms with van der Waals surface area (Å²) in [5.41, 5.74) is 5.62. The lowest BCUT2D eigenvalue weighted by molar-refractivity contribution is 0.209. The topological polar surface area (TPSA) is 92.3 Å². The molecule has 0 aromatic carbocycles. The molecule has 0 aliphatic carbocycles. The van der Waals surface area contributed by atoms with Gasteiger partial charge in [0.25, 0.3) is 0 Å². The minimum absolute atomic E-state index is 0.0436. The Balaban J connectivity index is 3.09. The summed E-state index contributed by atoms with van der Waals surface area (Å²) >= 11 is 0. The molecule has 0 aliphatic heterocycles. The number of aryl methyl sites for hydroxylation is 1. The van der Waals surface area contributed by atoms with Crippen molar-refractivity contribution < 1.29 is 13.6 Å². The second-order valence-corrected chi connectivity index (χ2v) is 4.77. The third kappa shape index (κ3) is 2.61. The van der Waals surface area contributed by atoms with Gasteiger partial charge < -0.3 is 5.73 Å². The second kappa shape index (κ2) is 5.43. The van der Waals surface area contributed by atoms with Gasteiger partial charge in [-0.15, -0.1) is 9.55 Å². The first-order valence-corrected chi connectivity index (χ1v) is 6.68. The van der Waals surface area contributed by atoms with Crippen molar-refractivity contribution >= 4 is 13.7 Å². The van der Waals surface area contributed by atoms with Gasteiger partial charge in [0.2, 0.25) is 5.95 Å². The van der Waals surface area contributed by atoms with Gasteiger partial charge in [0.15, 0.2) is 5.82 Å². The van der Waals surface area contributed by atoms with Crippen LogP contribution in [0.15, 0.2) is 0 Å². The van der Waals surface area contributed by atoms with E-state index in [1.54, 1.807) is 13.8 Å². The van der Waals surface area contributed by atoms with E-state index in [1.807, 2.05) is 6.92 Å². The maximum Gasteiger partial charge on any atom is 0.458 e. The molecular formula is C8H17N4O3P. The van der Waals surface area contributed by atoms with Crippen LogP contribution < -0.4 is 5.73 Å². The average molecular weight is 248 g/mol. The highest BCUT2D eigenvalue weighted by Gasteiger charge is 2.31. The molecule has 92 valence electrons. The van der Waals surface area contributed by atoms with E-state index < -0.39 is 7.75 Å². The summed E-state index contributed by atoms with van der Waals surface area (Å²) in [5.74, 6) is 0.555. The first-order chi connectivity index (χ1) is 7.57. The lowest BCUT2D eigenvalue weighted by Crippen LogP contribution is -2.09. The minimum Gasteiger partial charge on any atom is -0.368 e. The van der Waals surface area contributed by atoms with Crippen LogP contribution in [0.4, 0.5) is 5.95 Å². The fourth-order valence-corrected chi connectivity index (χ4v) is 2.62. The first kappa shape index (κ1) is 13.2. The van der Waals surface area contributed by atoms with Crippen LogP contribution in [0.2, 0.25) is 0 Å². The molecule has 0 aliphatic rings. The monoisotopic (exact) mass is 248 g/mol. The van der Waals surface area contributed by atoms with Gasteiger partial charge in [0.1, 0.15) is 0 Å². The Morgan fingerprint density at radius 1 is 1.31 bits per heavy atom. The van der Waals surface area contributed by atoms with E-state index >= 15 is 0 Å². The van der Waals surface area contributed by atoms with Gasteiger partial charge in [0, 0.05) is 6.42 Å². The Morgan fingerprint density at radius 2 is 1.88 bits per heavy atom. The van der Waals surface area contributed by atoms with E-state index in [1.165, 1.54) is 0 Å². The van der Waals surface area contributed by atoms with Crippen LogP contribution in [0.1, 0.15) is 26.6 Å². The van der Waals surface area contributed by atoms with Crippen molar-refractivity contribution in [1.82, 2.24) is 14.5 Å². The molecule has 0 atom stereocenters. The van der Waals surface area contributed by atoms with Gasteiger partial charge in [0.05, 0.1) is 13.2 Å².